The van der Waals surface area contributed by atoms with Crippen molar-refractivity contribution in [2.45, 2.75) is 52.7 Å². The SMILES string of the molecule is CCC(CC)N(C)Cc1ccc(CN)cc1C. The van der Waals surface area contributed by atoms with Crippen molar-refractivity contribution in [3.8, 4) is 0 Å². The number of rotatable bonds is 6. The van der Waals surface area contributed by atoms with Crippen LogP contribution in [0.2, 0.25) is 0 Å². The van der Waals surface area contributed by atoms with Gasteiger partial charge in [-0.15, -0.1) is 0 Å². The Labute approximate surface area is 106 Å². The van der Waals surface area contributed by atoms with Crippen LogP contribution in [0.1, 0.15) is 43.4 Å². The number of nitrogens with zero attached hydrogens (tertiary/aromatic N) is 1. The highest BCUT2D eigenvalue weighted by Crippen LogP contribution is 2.16. The first-order chi connectivity index (χ1) is 8.12. The van der Waals surface area contributed by atoms with Gasteiger partial charge in [-0.2, -0.15) is 0 Å². The Hall–Kier alpha value is -0.860. The van der Waals surface area contributed by atoms with Crippen molar-refractivity contribution in [2.75, 3.05) is 7.05 Å². The quantitative estimate of drug-likeness (QED) is 0.819. The van der Waals surface area contributed by atoms with Crippen molar-refractivity contribution in [3.63, 3.8) is 0 Å². The van der Waals surface area contributed by atoms with Crippen molar-refractivity contribution >= 4 is 0 Å². The second-order valence-corrected chi connectivity index (χ2v) is 4.85. The number of benzene rings is 1. The molecule has 1 rings (SSSR count). The lowest BCUT2D eigenvalue weighted by atomic mass is 10.0. The summed E-state index contributed by atoms with van der Waals surface area (Å²) < 4.78 is 0. The van der Waals surface area contributed by atoms with E-state index in [4.69, 9.17) is 5.73 Å². The molecule has 2 heteroatoms. The van der Waals surface area contributed by atoms with Crippen molar-refractivity contribution in [3.05, 3.63) is 34.9 Å². The fraction of sp³-hybridized carbons (Fsp3) is 0.600. The summed E-state index contributed by atoms with van der Waals surface area (Å²) in [6.07, 6.45) is 2.43. The van der Waals surface area contributed by atoms with E-state index in [9.17, 15) is 0 Å². The van der Waals surface area contributed by atoms with E-state index in [2.05, 4.69) is 50.9 Å². The van der Waals surface area contributed by atoms with Gasteiger partial charge in [-0.05, 0) is 43.5 Å². The van der Waals surface area contributed by atoms with Gasteiger partial charge >= 0.3 is 0 Å². The molecule has 0 atom stereocenters. The fourth-order valence-electron chi connectivity index (χ4n) is 2.37. The highest BCUT2D eigenvalue weighted by molar-refractivity contribution is 5.31. The molecule has 17 heavy (non-hydrogen) atoms. The Bertz CT molecular complexity index is 343. The highest BCUT2D eigenvalue weighted by Gasteiger charge is 2.11. The number of hydrogen-bond donors (Lipinski definition) is 1. The van der Waals surface area contributed by atoms with E-state index in [0.29, 0.717) is 12.6 Å². The third-order valence-corrected chi connectivity index (χ3v) is 3.63. The van der Waals surface area contributed by atoms with Gasteiger partial charge in [0.05, 0.1) is 0 Å². The Morgan fingerprint density at radius 2 is 1.88 bits per heavy atom. The highest BCUT2D eigenvalue weighted by atomic mass is 15.1. The predicted molar refractivity (Wildman–Crippen MR) is 74.9 cm³/mol. The molecule has 0 aliphatic rings. The average molecular weight is 234 g/mol. The average Bonchev–Trinajstić information content (AvgIpc) is 2.33. The molecule has 0 aliphatic carbocycles. The topological polar surface area (TPSA) is 29.3 Å². The van der Waals surface area contributed by atoms with Crippen LogP contribution in [0.15, 0.2) is 18.2 Å². The summed E-state index contributed by atoms with van der Waals surface area (Å²) in [5, 5.41) is 0. The molecule has 0 unspecified atom stereocenters. The summed E-state index contributed by atoms with van der Waals surface area (Å²) in [5.41, 5.74) is 9.64. The van der Waals surface area contributed by atoms with E-state index >= 15 is 0 Å². The first-order valence-electron chi connectivity index (χ1n) is 6.61. The molecule has 0 amide bonds. The first kappa shape index (κ1) is 14.2. The van der Waals surface area contributed by atoms with Crippen LogP contribution >= 0.6 is 0 Å². The first-order valence-corrected chi connectivity index (χ1v) is 6.61. The second kappa shape index (κ2) is 6.77. The van der Waals surface area contributed by atoms with Crippen LogP contribution < -0.4 is 5.73 Å². The summed E-state index contributed by atoms with van der Waals surface area (Å²) >= 11 is 0. The van der Waals surface area contributed by atoms with Gasteiger partial charge in [-0.1, -0.05) is 32.0 Å². The molecule has 0 saturated carbocycles. The molecule has 0 radical (unpaired) electrons. The number of nitrogens with two attached hydrogens (primary N) is 1. The number of hydrogen-bond acceptors (Lipinski definition) is 2. The zero-order valence-corrected chi connectivity index (χ0v) is 11.7. The van der Waals surface area contributed by atoms with Crippen LogP contribution in [-0.2, 0) is 13.1 Å². The Morgan fingerprint density at radius 3 is 2.35 bits per heavy atom. The summed E-state index contributed by atoms with van der Waals surface area (Å²) in [6, 6.07) is 7.25. The van der Waals surface area contributed by atoms with Gasteiger partial charge in [-0.3, -0.25) is 4.90 Å². The Balaban J connectivity index is 2.74. The lowest BCUT2D eigenvalue weighted by Gasteiger charge is -2.26. The molecular formula is C15H26N2. The maximum Gasteiger partial charge on any atom is 0.0236 e. The van der Waals surface area contributed by atoms with Crippen LogP contribution in [0.3, 0.4) is 0 Å². The minimum absolute atomic E-state index is 0.628. The van der Waals surface area contributed by atoms with Gasteiger partial charge in [0.25, 0.3) is 0 Å². The molecule has 0 spiro atoms. The van der Waals surface area contributed by atoms with Crippen LogP contribution in [0.25, 0.3) is 0 Å². The van der Waals surface area contributed by atoms with Crippen LogP contribution in [0, 0.1) is 6.92 Å². The van der Waals surface area contributed by atoms with E-state index in [-0.39, 0.29) is 0 Å². The van der Waals surface area contributed by atoms with E-state index in [1.807, 2.05) is 0 Å². The van der Waals surface area contributed by atoms with E-state index < -0.39 is 0 Å². The predicted octanol–water partition coefficient (Wildman–Crippen LogP) is 3.07. The molecule has 1 aromatic carbocycles. The Kier molecular flexibility index (Phi) is 5.66. The van der Waals surface area contributed by atoms with E-state index in [1.165, 1.54) is 29.5 Å². The van der Waals surface area contributed by atoms with Gasteiger partial charge in [0.2, 0.25) is 0 Å². The minimum atomic E-state index is 0.628. The van der Waals surface area contributed by atoms with Gasteiger partial charge in [0, 0.05) is 19.1 Å². The largest absolute Gasteiger partial charge is 0.326 e. The maximum absolute atomic E-state index is 5.65. The maximum atomic E-state index is 5.65. The smallest absolute Gasteiger partial charge is 0.0236 e. The normalized spacial score (nSPS) is 11.5. The molecule has 0 aromatic heterocycles. The molecule has 2 N–H and O–H groups in total. The third kappa shape index (κ3) is 3.83. The molecule has 0 heterocycles. The molecule has 0 bridgehead atoms. The third-order valence-electron chi connectivity index (χ3n) is 3.63. The van der Waals surface area contributed by atoms with Gasteiger partial charge in [-0.25, -0.2) is 0 Å². The Morgan fingerprint density at radius 1 is 1.24 bits per heavy atom. The monoisotopic (exact) mass is 234 g/mol. The van der Waals surface area contributed by atoms with Crippen LogP contribution in [-0.4, -0.2) is 18.0 Å². The molecule has 0 fully saturated rings. The van der Waals surface area contributed by atoms with Crippen LogP contribution in [0.4, 0.5) is 0 Å². The number of aryl methyl sites for hydroxylation is 1. The molecular weight excluding hydrogens is 208 g/mol. The van der Waals surface area contributed by atoms with Crippen LogP contribution in [0.5, 0.6) is 0 Å². The zero-order valence-electron chi connectivity index (χ0n) is 11.7. The van der Waals surface area contributed by atoms with Crippen molar-refractivity contribution in [2.24, 2.45) is 5.73 Å². The zero-order chi connectivity index (χ0) is 12.8. The van der Waals surface area contributed by atoms with Crippen molar-refractivity contribution in [1.82, 2.24) is 4.90 Å². The summed E-state index contributed by atoms with van der Waals surface area (Å²) in [6.45, 7) is 8.35. The fourth-order valence-corrected chi connectivity index (χ4v) is 2.37. The summed E-state index contributed by atoms with van der Waals surface area (Å²) in [4.78, 5) is 2.45. The summed E-state index contributed by atoms with van der Waals surface area (Å²) in [5.74, 6) is 0. The van der Waals surface area contributed by atoms with Crippen molar-refractivity contribution in [1.29, 1.82) is 0 Å². The van der Waals surface area contributed by atoms with Crippen molar-refractivity contribution < 1.29 is 0 Å². The summed E-state index contributed by atoms with van der Waals surface area (Å²) in [7, 11) is 2.22. The van der Waals surface area contributed by atoms with Gasteiger partial charge in [0.15, 0.2) is 0 Å². The molecule has 2 nitrogen and oxygen atoms in total. The lowest BCUT2D eigenvalue weighted by Crippen LogP contribution is -2.30. The van der Waals surface area contributed by atoms with E-state index in [1.54, 1.807) is 0 Å². The molecule has 0 saturated heterocycles. The van der Waals surface area contributed by atoms with Gasteiger partial charge < -0.3 is 5.73 Å². The second-order valence-electron chi connectivity index (χ2n) is 4.85. The molecule has 0 aliphatic heterocycles. The molecule has 96 valence electrons. The minimum Gasteiger partial charge on any atom is -0.326 e. The lowest BCUT2D eigenvalue weighted by molar-refractivity contribution is 0.221. The van der Waals surface area contributed by atoms with E-state index in [0.717, 1.165) is 6.54 Å². The molecule has 1 aromatic rings. The van der Waals surface area contributed by atoms with Gasteiger partial charge in [0.1, 0.15) is 0 Å². The standard InChI is InChI=1S/C15H26N2/c1-5-15(6-2)17(4)11-14-8-7-13(10-16)9-12(14)3/h7-9,15H,5-6,10-11,16H2,1-4H3.